The van der Waals surface area contributed by atoms with Crippen LogP contribution in [0.4, 0.5) is 0 Å². The first-order valence-electron chi connectivity index (χ1n) is 8.67. The molecule has 7 heteroatoms. The van der Waals surface area contributed by atoms with E-state index in [0.717, 1.165) is 11.0 Å². The number of alkyl halides is 1. The molecule has 27 heavy (non-hydrogen) atoms. The van der Waals surface area contributed by atoms with E-state index in [0.29, 0.717) is 17.9 Å². The number of ether oxygens (including phenoxy) is 2. The molecule has 1 atom stereocenters. The molecule has 0 spiro atoms. The van der Waals surface area contributed by atoms with Crippen LogP contribution in [0.5, 0.6) is 5.75 Å². The maximum absolute atomic E-state index is 11.8. The number of para-hydroxylation sites is 1. The van der Waals surface area contributed by atoms with Gasteiger partial charge in [0.05, 0.1) is 12.7 Å². The van der Waals surface area contributed by atoms with E-state index in [-0.39, 0.29) is 5.60 Å². The molecule has 1 saturated heterocycles. The first-order chi connectivity index (χ1) is 12.7. The summed E-state index contributed by atoms with van der Waals surface area (Å²) in [5.74, 6) is 0.0826. The molecule has 1 aliphatic rings. The van der Waals surface area contributed by atoms with Crippen LogP contribution in [0.25, 0.3) is 0 Å². The number of halogens is 1. The largest absolute Gasteiger partial charge is 0.495 e. The number of hydrogen-bond donors (Lipinski definition) is 0. The average molecular weight is 480 g/mol. The van der Waals surface area contributed by atoms with Gasteiger partial charge >= 0.3 is 13.1 Å². The van der Waals surface area contributed by atoms with Gasteiger partial charge in [0.2, 0.25) is 0 Å². The van der Waals surface area contributed by atoms with Gasteiger partial charge in [0.15, 0.2) is 0 Å². The summed E-state index contributed by atoms with van der Waals surface area (Å²) in [6.45, 7) is 6.42. The number of hydrogen-bond acceptors (Lipinski definition) is 5. The van der Waals surface area contributed by atoms with E-state index in [2.05, 4.69) is 22.6 Å². The second-order valence-electron chi connectivity index (χ2n) is 7.01. The van der Waals surface area contributed by atoms with E-state index >= 15 is 0 Å². The van der Waals surface area contributed by atoms with Crippen molar-refractivity contribution in [3.8, 4) is 5.75 Å². The maximum atomic E-state index is 11.8. The fraction of sp³-hybridized carbons (Fsp3) is 0.350. The highest BCUT2D eigenvalue weighted by Crippen LogP contribution is 2.42. The van der Waals surface area contributed by atoms with Crippen molar-refractivity contribution in [2.75, 3.05) is 7.11 Å². The third-order valence-corrected chi connectivity index (χ3v) is 6.30. The summed E-state index contributed by atoms with van der Waals surface area (Å²) in [5.41, 5.74) is 1.97. The minimum Gasteiger partial charge on any atom is -0.488 e. The van der Waals surface area contributed by atoms with Gasteiger partial charge in [-0.15, -0.1) is 0 Å². The van der Waals surface area contributed by atoms with E-state index in [1.807, 2.05) is 51.1 Å². The zero-order chi connectivity index (χ0) is 19.7. The first-order valence-corrected chi connectivity index (χ1v) is 9.75. The quantitative estimate of drug-likeness (QED) is 0.283. The maximum Gasteiger partial charge on any atom is 0.495 e. The molecular formula is C20H22BIO5. The van der Waals surface area contributed by atoms with Crippen molar-refractivity contribution in [1.82, 2.24) is 0 Å². The number of methoxy groups -OCH3 is 1. The zero-order valence-electron chi connectivity index (χ0n) is 15.8. The van der Waals surface area contributed by atoms with Crippen LogP contribution in [0, 0.1) is 0 Å². The topological polar surface area (TPSA) is 54.0 Å². The van der Waals surface area contributed by atoms with Crippen molar-refractivity contribution >= 4 is 41.1 Å². The van der Waals surface area contributed by atoms with Crippen molar-refractivity contribution in [2.24, 2.45) is 0 Å². The van der Waals surface area contributed by atoms with Gasteiger partial charge in [0.25, 0.3) is 0 Å². The van der Waals surface area contributed by atoms with Gasteiger partial charge < -0.3 is 18.8 Å². The van der Waals surface area contributed by atoms with Crippen LogP contribution >= 0.6 is 22.6 Å². The van der Waals surface area contributed by atoms with Crippen molar-refractivity contribution in [2.45, 2.75) is 36.6 Å². The number of carbonyl (C=O) groups is 1. The summed E-state index contributed by atoms with van der Waals surface area (Å²) in [4.78, 5) is 11.8. The molecule has 2 aromatic carbocycles. The van der Waals surface area contributed by atoms with E-state index in [4.69, 9.17) is 18.8 Å². The van der Waals surface area contributed by atoms with Gasteiger partial charge in [-0.3, -0.25) is 0 Å². The molecule has 0 aromatic heterocycles. The lowest BCUT2D eigenvalue weighted by molar-refractivity contribution is 0.0595. The van der Waals surface area contributed by atoms with Crippen LogP contribution < -0.4 is 10.2 Å². The molecule has 1 fully saturated rings. The predicted octanol–water partition coefficient (Wildman–Crippen LogP) is 3.72. The van der Waals surface area contributed by atoms with Crippen molar-refractivity contribution in [3.63, 3.8) is 0 Å². The molecule has 2 aromatic rings. The Balaban J connectivity index is 1.67. The Labute approximate surface area is 173 Å². The van der Waals surface area contributed by atoms with Crippen LogP contribution in [-0.2, 0) is 20.7 Å². The van der Waals surface area contributed by atoms with E-state index in [1.165, 1.54) is 7.11 Å². The lowest BCUT2D eigenvalue weighted by atomic mass is 9.79. The fourth-order valence-corrected chi connectivity index (χ4v) is 3.04. The number of esters is 1. The number of rotatable bonds is 5. The second kappa shape index (κ2) is 7.81. The second-order valence-corrected chi connectivity index (χ2v) is 9.07. The van der Waals surface area contributed by atoms with E-state index in [9.17, 15) is 4.79 Å². The summed E-state index contributed by atoms with van der Waals surface area (Å²) >= 11 is 2.28. The minimum absolute atomic E-state index is 0.343. The molecule has 1 aliphatic heterocycles. The van der Waals surface area contributed by atoms with Crippen LogP contribution in [-0.4, -0.2) is 29.4 Å². The lowest BCUT2D eigenvalue weighted by Gasteiger charge is -2.30. The highest BCUT2D eigenvalue weighted by Gasteiger charge is 2.53. The first kappa shape index (κ1) is 20.2. The smallest absolute Gasteiger partial charge is 0.488 e. The molecule has 0 amide bonds. The van der Waals surface area contributed by atoms with E-state index < -0.39 is 16.7 Å². The lowest BCUT2D eigenvalue weighted by Crippen LogP contribution is -2.38. The Kier molecular flexibility index (Phi) is 5.83. The highest BCUT2D eigenvalue weighted by molar-refractivity contribution is 14.1. The average Bonchev–Trinajstić information content (AvgIpc) is 2.87. The number of carbonyl (C=O) groups excluding carboxylic acids is 1. The van der Waals surface area contributed by atoms with E-state index in [1.54, 1.807) is 18.2 Å². The third-order valence-electron chi connectivity index (χ3n) is 4.74. The standard InChI is InChI=1S/C20H22BIO5/c1-19(2)20(3,22)27-21(26-19)15-11-9-14(10-12-15)13-25-17-8-6-5-7-16(17)18(23)24-4/h5-12H,13H2,1-4H3. The van der Waals surface area contributed by atoms with Gasteiger partial charge in [-0.2, -0.15) is 0 Å². The van der Waals surface area contributed by atoms with Crippen molar-refractivity contribution in [3.05, 3.63) is 59.7 Å². The summed E-state index contributed by atoms with van der Waals surface area (Å²) in [6.07, 6.45) is 0. The fourth-order valence-electron chi connectivity index (χ4n) is 2.68. The monoisotopic (exact) mass is 480 g/mol. The van der Waals surface area contributed by atoms with Crippen LogP contribution in [0.3, 0.4) is 0 Å². The minimum atomic E-state index is -0.416. The molecule has 0 bridgehead atoms. The Morgan fingerprint density at radius 3 is 2.33 bits per heavy atom. The summed E-state index contributed by atoms with van der Waals surface area (Å²) in [6, 6.07) is 14.9. The Morgan fingerprint density at radius 2 is 1.74 bits per heavy atom. The summed E-state index contributed by atoms with van der Waals surface area (Å²) < 4.78 is 22.3. The molecule has 0 N–H and O–H groups in total. The summed E-state index contributed by atoms with van der Waals surface area (Å²) in [5, 5.41) is 0. The Bertz CT molecular complexity index is 803. The van der Waals surface area contributed by atoms with Crippen molar-refractivity contribution in [1.29, 1.82) is 0 Å². The molecule has 0 aliphatic carbocycles. The van der Waals surface area contributed by atoms with Crippen molar-refractivity contribution < 1.29 is 23.6 Å². The zero-order valence-corrected chi connectivity index (χ0v) is 18.0. The van der Waals surface area contributed by atoms with Gasteiger partial charge in [-0.05, 0) is 66.5 Å². The molecule has 1 unspecified atom stereocenters. The molecule has 142 valence electrons. The normalized spacial score (nSPS) is 21.1. The Morgan fingerprint density at radius 1 is 1.07 bits per heavy atom. The third kappa shape index (κ3) is 4.30. The highest BCUT2D eigenvalue weighted by atomic mass is 127. The van der Waals surface area contributed by atoms with Gasteiger partial charge in [-0.1, -0.05) is 36.4 Å². The SMILES string of the molecule is COC(=O)c1ccccc1OCc1ccc(B2OC(C)(C)C(C)(I)O2)cc1. The molecule has 0 radical (unpaired) electrons. The Hall–Kier alpha value is -1.58. The molecule has 1 heterocycles. The van der Waals surface area contributed by atoms with Crippen LogP contribution in [0.2, 0.25) is 0 Å². The predicted molar refractivity (Wildman–Crippen MR) is 113 cm³/mol. The molecule has 5 nitrogen and oxygen atoms in total. The van der Waals surface area contributed by atoms with Crippen LogP contribution in [0.15, 0.2) is 48.5 Å². The van der Waals surface area contributed by atoms with Gasteiger partial charge in [-0.25, -0.2) is 4.79 Å². The van der Waals surface area contributed by atoms with Gasteiger partial charge in [0.1, 0.15) is 21.5 Å². The summed E-state index contributed by atoms with van der Waals surface area (Å²) in [7, 11) is 0.962. The number of benzene rings is 2. The van der Waals surface area contributed by atoms with Gasteiger partial charge in [0, 0.05) is 0 Å². The van der Waals surface area contributed by atoms with Crippen LogP contribution in [0.1, 0.15) is 36.7 Å². The molecule has 3 rings (SSSR count). The molecule has 0 saturated carbocycles. The molecular weight excluding hydrogens is 458 g/mol.